The summed E-state index contributed by atoms with van der Waals surface area (Å²) in [6.45, 7) is 3.82. The van der Waals surface area contributed by atoms with E-state index in [2.05, 4.69) is 5.32 Å². The molecule has 0 fully saturated rings. The number of nitrogens with one attached hydrogen (secondary N) is 1. The second-order valence-electron chi connectivity index (χ2n) is 6.77. The Kier molecular flexibility index (Phi) is 5.96. The number of hydrogen-bond acceptors (Lipinski definition) is 3. The highest BCUT2D eigenvalue weighted by Crippen LogP contribution is 2.28. The van der Waals surface area contributed by atoms with Crippen molar-refractivity contribution in [2.45, 2.75) is 18.7 Å². The monoisotopic (exact) mass is 428 g/mol. The Morgan fingerprint density at radius 2 is 1.62 bits per heavy atom. The Morgan fingerprint density at radius 3 is 2.24 bits per heavy atom. The summed E-state index contributed by atoms with van der Waals surface area (Å²) in [7, 11) is -2.29. The van der Waals surface area contributed by atoms with E-state index in [-0.39, 0.29) is 21.4 Å². The standard InChI is InChI=1S/C22H21ClN2O3S/c1-15-7-10-19(11-8-15)29(27,28)25(3)18-9-12-20(21(23)14-18)22(26)24-17-6-4-5-16(2)13-17/h4-14H,1-3H3,(H,24,26). The maximum Gasteiger partial charge on any atom is 0.264 e. The molecule has 29 heavy (non-hydrogen) atoms. The number of rotatable bonds is 5. The first-order chi connectivity index (χ1) is 13.7. The summed E-state index contributed by atoms with van der Waals surface area (Å²) in [6, 6.07) is 18.6. The first-order valence-corrected chi connectivity index (χ1v) is 10.7. The van der Waals surface area contributed by atoms with Gasteiger partial charge in [-0.15, -0.1) is 0 Å². The van der Waals surface area contributed by atoms with Gasteiger partial charge in [0.1, 0.15) is 0 Å². The smallest absolute Gasteiger partial charge is 0.264 e. The Labute approximate surface area is 176 Å². The molecule has 1 amide bonds. The molecular formula is C22H21ClN2O3S. The number of halogens is 1. The van der Waals surface area contributed by atoms with Gasteiger partial charge < -0.3 is 5.32 Å². The molecule has 7 heteroatoms. The Hall–Kier alpha value is -2.83. The van der Waals surface area contributed by atoms with Crippen molar-refractivity contribution in [1.29, 1.82) is 0 Å². The van der Waals surface area contributed by atoms with Crippen molar-refractivity contribution in [3.05, 3.63) is 88.4 Å². The van der Waals surface area contributed by atoms with E-state index in [0.29, 0.717) is 11.4 Å². The van der Waals surface area contributed by atoms with Crippen LogP contribution in [0.15, 0.2) is 71.6 Å². The Morgan fingerprint density at radius 1 is 0.931 bits per heavy atom. The number of carbonyl (C=O) groups excluding carboxylic acids is 1. The van der Waals surface area contributed by atoms with Crippen LogP contribution in [-0.4, -0.2) is 21.4 Å². The van der Waals surface area contributed by atoms with Gasteiger partial charge in [-0.1, -0.05) is 41.4 Å². The van der Waals surface area contributed by atoms with Gasteiger partial charge in [0.05, 0.1) is 21.2 Å². The number of nitrogens with zero attached hydrogens (tertiary/aromatic N) is 1. The van der Waals surface area contributed by atoms with Crippen LogP contribution in [-0.2, 0) is 10.0 Å². The van der Waals surface area contributed by atoms with Gasteiger partial charge in [-0.3, -0.25) is 9.10 Å². The van der Waals surface area contributed by atoms with Crippen LogP contribution in [0.25, 0.3) is 0 Å². The molecule has 5 nitrogen and oxygen atoms in total. The lowest BCUT2D eigenvalue weighted by atomic mass is 10.1. The summed E-state index contributed by atoms with van der Waals surface area (Å²) in [5.74, 6) is -0.365. The maximum atomic E-state index is 12.9. The molecule has 0 atom stereocenters. The van der Waals surface area contributed by atoms with E-state index in [1.165, 1.54) is 19.2 Å². The quantitative estimate of drug-likeness (QED) is 0.619. The van der Waals surface area contributed by atoms with Crippen LogP contribution in [0.1, 0.15) is 21.5 Å². The summed E-state index contributed by atoms with van der Waals surface area (Å²) in [4.78, 5) is 12.7. The largest absolute Gasteiger partial charge is 0.322 e. The van der Waals surface area contributed by atoms with Crippen LogP contribution in [0.3, 0.4) is 0 Å². The zero-order chi connectivity index (χ0) is 21.2. The zero-order valence-electron chi connectivity index (χ0n) is 16.3. The predicted octanol–water partition coefficient (Wildman–Crippen LogP) is 5.03. The fourth-order valence-electron chi connectivity index (χ4n) is 2.81. The van der Waals surface area contributed by atoms with Gasteiger partial charge in [-0.05, 0) is 61.9 Å². The van der Waals surface area contributed by atoms with Gasteiger partial charge in [0.15, 0.2) is 0 Å². The van der Waals surface area contributed by atoms with Crippen LogP contribution >= 0.6 is 11.6 Å². The van der Waals surface area contributed by atoms with E-state index >= 15 is 0 Å². The van der Waals surface area contributed by atoms with Crippen molar-refractivity contribution >= 4 is 38.9 Å². The number of carbonyl (C=O) groups is 1. The number of anilines is 2. The fourth-order valence-corrected chi connectivity index (χ4v) is 4.26. The first-order valence-electron chi connectivity index (χ1n) is 8.91. The normalized spacial score (nSPS) is 11.2. The van der Waals surface area contributed by atoms with E-state index < -0.39 is 10.0 Å². The minimum Gasteiger partial charge on any atom is -0.322 e. The lowest BCUT2D eigenvalue weighted by Crippen LogP contribution is -2.26. The van der Waals surface area contributed by atoms with E-state index in [1.54, 1.807) is 36.4 Å². The van der Waals surface area contributed by atoms with E-state index in [4.69, 9.17) is 11.6 Å². The van der Waals surface area contributed by atoms with Crippen LogP contribution < -0.4 is 9.62 Å². The molecule has 0 bridgehead atoms. The summed E-state index contributed by atoms with van der Waals surface area (Å²) in [5, 5.41) is 2.96. The number of amides is 1. The molecule has 3 aromatic rings. The number of sulfonamides is 1. The molecule has 0 aliphatic carbocycles. The van der Waals surface area contributed by atoms with Gasteiger partial charge in [-0.25, -0.2) is 8.42 Å². The molecule has 150 valence electrons. The van der Waals surface area contributed by atoms with Crippen molar-refractivity contribution in [2.75, 3.05) is 16.7 Å². The summed E-state index contributed by atoms with van der Waals surface area (Å²) >= 11 is 6.30. The van der Waals surface area contributed by atoms with Crippen molar-refractivity contribution in [3.63, 3.8) is 0 Å². The van der Waals surface area contributed by atoms with Gasteiger partial charge in [0.2, 0.25) is 0 Å². The van der Waals surface area contributed by atoms with E-state index in [9.17, 15) is 13.2 Å². The molecule has 3 rings (SSSR count). The van der Waals surface area contributed by atoms with Gasteiger partial charge in [0, 0.05) is 12.7 Å². The van der Waals surface area contributed by atoms with Gasteiger partial charge >= 0.3 is 0 Å². The average molecular weight is 429 g/mol. The summed E-state index contributed by atoms with van der Waals surface area (Å²) in [5.41, 5.74) is 3.28. The topological polar surface area (TPSA) is 66.5 Å². The zero-order valence-corrected chi connectivity index (χ0v) is 17.9. The highest BCUT2D eigenvalue weighted by atomic mass is 35.5. The van der Waals surface area contributed by atoms with Crippen LogP contribution in [0.2, 0.25) is 5.02 Å². The molecule has 0 unspecified atom stereocenters. The molecular weight excluding hydrogens is 408 g/mol. The minimum absolute atomic E-state index is 0.165. The lowest BCUT2D eigenvalue weighted by Gasteiger charge is -2.20. The van der Waals surface area contributed by atoms with Crippen molar-refractivity contribution < 1.29 is 13.2 Å². The minimum atomic E-state index is -3.74. The van der Waals surface area contributed by atoms with Gasteiger partial charge in [0.25, 0.3) is 15.9 Å². The molecule has 0 aromatic heterocycles. The van der Waals surface area contributed by atoms with E-state index in [1.807, 2.05) is 32.0 Å². The van der Waals surface area contributed by atoms with Crippen LogP contribution in [0.4, 0.5) is 11.4 Å². The molecule has 3 aromatic carbocycles. The van der Waals surface area contributed by atoms with E-state index in [0.717, 1.165) is 15.4 Å². The van der Waals surface area contributed by atoms with Crippen LogP contribution in [0.5, 0.6) is 0 Å². The third-order valence-electron chi connectivity index (χ3n) is 4.52. The molecule has 0 aliphatic heterocycles. The summed E-state index contributed by atoms with van der Waals surface area (Å²) < 4.78 is 26.8. The van der Waals surface area contributed by atoms with Crippen molar-refractivity contribution in [3.8, 4) is 0 Å². The second kappa shape index (κ2) is 8.27. The maximum absolute atomic E-state index is 12.9. The van der Waals surface area contributed by atoms with Crippen molar-refractivity contribution in [2.24, 2.45) is 0 Å². The molecule has 0 aliphatic rings. The molecule has 1 N–H and O–H groups in total. The highest BCUT2D eigenvalue weighted by Gasteiger charge is 2.22. The Bertz CT molecular complexity index is 1160. The molecule has 0 saturated heterocycles. The highest BCUT2D eigenvalue weighted by molar-refractivity contribution is 7.92. The summed E-state index contributed by atoms with van der Waals surface area (Å²) in [6.07, 6.45) is 0. The van der Waals surface area contributed by atoms with Crippen molar-refractivity contribution in [1.82, 2.24) is 0 Å². The molecule has 0 heterocycles. The molecule has 0 spiro atoms. The SMILES string of the molecule is Cc1ccc(S(=O)(=O)N(C)c2ccc(C(=O)Nc3cccc(C)c3)c(Cl)c2)cc1. The van der Waals surface area contributed by atoms with Crippen LogP contribution in [0, 0.1) is 13.8 Å². The molecule has 0 radical (unpaired) electrons. The average Bonchev–Trinajstić information content (AvgIpc) is 2.67. The van der Waals surface area contributed by atoms with Gasteiger partial charge in [-0.2, -0.15) is 0 Å². The predicted molar refractivity (Wildman–Crippen MR) is 117 cm³/mol. The number of aryl methyl sites for hydroxylation is 2. The Balaban J connectivity index is 1.84. The third kappa shape index (κ3) is 4.60. The number of benzene rings is 3. The number of hydrogen-bond donors (Lipinski definition) is 1. The second-order valence-corrected chi connectivity index (χ2v) is 9.15. The first kappa shape index (κ1) is 20.9. The third-order valence-corrected chi connectivity index (χ3v) is 6.63. The fraction of sp³-hybridized carbons (Fsp3) is 0.136. The lowest BCUT2D eigenvalue weighted by molar-refractivity contribution is 0.102. The molecule has 0 saturated carbocycles.